The summed E-state index contributed by atoms with van der Waals surface area (Å²) in [5.41, 5.74) is 3.75. The number of thiazole rings is 1. The van der Waals surface area contributed by atoms with Gasteiger partial charge in [-0.25, -0.2) is 14.8 Å². The molecule has 0 spiro atoms. The molecule has 28 heavy (non-hydrogen) atoms. The van der Waals surface area contributed by atoms with Crippen molar-refractivity contribution < 1.29 is 14.3 Å². The number of carbonyl (C=O) groups is 2. The normalized spacial score (nSPS) is 10.9. The Hall–Kier alpha value is -2.45. The molecule has 8 heteroatoms. The van der Waals surface area contributed by atoms with Gasteiger partial charge < -0.3 is 10.1 Å². The molecule has 0 aliphatic rings. The first-order valence-corrected chi connectivity index (χ1v) is 10.6. The van der Waals surface area contributed by atoms with Crippen LogP contribution >= 0.6 is 23.1 Å². The summed E-state index contributed by atoms with van der Waals surface area (Å²) in [7, 11) is 0. The van der Waals surface area contributed by atoms with E-state index in [4.69, 9.17) is 4.74 Å². The smallest absolute Gasteiger partial charge is 0.350 e. The summed E-state index contributed by atoms with van der Waals surface area (Å²) in [6.07, 6.45) is 0. The van der Waals surface area contributed by atoms with E-state index in [0.29, 0.717) is 22.3 Å². The molecule has 1 amide bonds. The highest BCUT2D eigenvalue weighted by molar-refractivity contribution is 7.99. The van der Waals surface area contributed by atoms with Gasteiger partial charge in [0.05, 0.1) is 28.6 Å². The summed E-state index contributed by atoms with van der Waals surface area (Å²) >= 11 is 2.49. The van der Waals surface area contributed by atoms with E-state index >= 15 is 0 Å². The van der Waals surface area contributed by atoms with E-state index < -0.39 is 5.97 Å². The largest absolute Gasteiger partial charge is 0.462 e. The van der Waals surface area contributed by atoms with Crippen molar-refractivity contribution in [2.75, 3.05) is 17.7 Å². The van der Waals surface area contributed by atoms with Crippen molar-refractivity contribution in [3.63, 3.8) is 0 Å². The molecule has 0 unspecified atom stereocenters. The van der Waals surface area contributed by atoms with E-state index in [0.717, 1.165) is 38.4 Å². The van der Waals surface area contributed by atoms with Gasteiger partial charge in [-0.1, -0.05) is 41.3 Å². The second-order valence-electron chi connectivity index (χ2n) is 6.24. The highest BCUT2D eigenvalue weighted by Gasteiger charge is 2.17. The molecule has 1 N–H and O–H groups in total. The Labute approximate surface area is 171 Å². The minimum Gasteiger partial charge on any atom is -0.462 e. The van der Waals surface area contributed by atoms with Crippen molar-refractivity contribution in [1.82, 2.24) is 9.97 Å². The molecule has 0 radical (unpaired) electrons. The molecule has 0 fully saturated rings. The molecule has 0 saturated heterocycles. The number of esters is 1. The zero-order valence-electron chi connectivity index (χ0n) is 16.2. The molecule has 0 bridgehead atoms. The first-order valence-electron chi connectivity index (χ1n) is 8.83. The van der Waals surface area contributed by atoms with E-state index in [1.54, 1.807) is 13.8 Å². The standard InChI is InChI=1S/C20H21N3O3S2/c1-5-26-19(25)18-13(4)21-20(28-18)22-15(24)10-27-16-9-12(3)14-8-6-7-11(2)17(14)23-16/h6-9H,5,10H2,1-4H3,(H,21,22,24). The number of amides is 1. The van der Waals surface area contributed by atoms with Crippen molar-refractivity contribution in [2.24, 2.45) is 0 Å². The van der Waals surface area contributed by atoms with Crippen LogP contribution in [0.25, 0.3) is 10.9 Å². The number of nitrogens with zero attached hydrogens (tertiary/aromatic N) is 2. The molecule has 1 aromatic carbocycles. The number of carbonyl (C=O) groups excluding carboxylic acids is 2. The number of aryl methyl sites for hydroxylation is 3. The third kappa shape index (κ3) is 4.51. The summed E-state index contributed by atoms with van der Waals surface area (Å²) in [5, 5.41) is 5.07. The Morgan fingerprint density at radius 3 is 2.71 bits per heavy atom. The third-order valence-electron chi connectivity index (χ3n) is 4.08. The number of anilines is 1. The van der Waals surface area contributed by atoms with E-state index in [1.807, 2.05) is 32.0 Å². The van der Waals surface area contributed by atoms with Gasteiger partial charge in [-0.15, -0.1) is 0 Å². The number of pyridine rings is 1. The first-order chi connectivity index (χ1) is 13.4. The van der Waals surface area contributed by atoms with Crippen molar-refractivity contribution in [3.8, 4) is 0 Å². The zero-order chi connectivity index (χ0) is 20.3. The molecule has 0 atom stereocenters. The number of nitrogens with one attached hydrogen (secondary N) is 1. The summed E-state index contributed by atoms with van der Waals surface area (Å²) in [5.74, 6) is -0.408. The number of rotatable bonds is 6. The van der Waals surface area contributed by atoms with Gasteiger partial charge >= 0.3 is 5.97 Å². The van der Waals surface area contributed by atoms with Crippen molar-refractivity contribution in [3.05, 3.63) is 46.0 Å². The lowest BCUT2D eigenvalue weighted by atomic mass is 10.1. The Kier molecular flexibility index (Phi) is 6.31. The van der Waals surface area contributed by atoms with Crippen molar-refractivity contribution in [2.45, 2.75) is 32.7 Å². The average Bonchev–Trinajstić information content (AvgIpc) is 3.01. The van der Waals surface area contributed by atoms with Crippen LogP contribution in [0.3, 0.4) is 0 Å². The van der Waals surface area contributed by atoms with Crippen molar-refractivity contribution in [1.29, 1.82) is 0 Å². The van der Waals surface area contributed by atoms with Crippen LogP contribution in [0.5, 0.6) is 0 Å². The Morgan fingerprint density at radius 2 is 1.96 bits per heavy atom. The summed E-state index contributed by atoms with van der Waals surface area (Å²) < 4.78 is 4.99. The van der Waals surface area contributed by atoms with E-state index in [9.17, 15) is 9.59 Å². The van der Waals surface area contributed by atoms with Gasteiger partial charge in [0.2, 0.25) is 5.91 Å². The fourth-order valence-electron chi connectivity index (χ4n) is 2.74. The highest BCUT2D eigenvalue weighted by atomic mass is 32.2. The van der Waals surface area contributed by atoms with E-state index in [-0.39, 0.29) is 11.7 Å². The number of aromatic nitrogens is 2. The number of fused-ring (bicyclic) bond motifs is 1. The maximum absolute atomic E-state index is 12.3. The van der Waals surface area contributed by atoms with Gasteiger partial charge in [0, 0.05) is 5.39 Å². The first kappa shape index (κ1) is 20.3. The molecule has 0 aliphatic heterocycles. The summed E-state index contributed by atoms with van der Waals surface area (Å²) in [6, 6.07) is 8.10. The van der Waals surface area contributed by atoms with E-state index in [1.165, 1.54) is 11.8 Å². The second kappa shape index (κ2) is 8.70. The van der Waals surface area contributed by atoms with Crippen LogP contribution in [0, 0.1) is 20.8 Å². The SMILES string of the molecule is CCOC(=O)c1sc(NC(=O)CSc2cc(C)c3cccc(C)c3n2)nc1C. The number of hydrogen-bond donors (Lipinski definition) is 1. The molecule has 146 valence electrons. The molecular formula is C20H21N3O3S2. The minimum atomic E-state index is -0.418. The zero-order valence-corrected chi connectivity index (χ0v) is 17.8. The third-order valence-corrected chi connectivity index (χ3v) is 6.04. The topological polar surface area (TPSA) is 81.2 Å². The van der Waals surface area contributed by atoms with Crippen LogP contribution in [0.4, 0.5) is 5.13 Å². The number of para-hydroxylation sites is 1. The van der Waals surface area contributed by atoms with Gasteiger partial charge in [0.15, 0.2) is 5.13 Å². The van der Waals surface area contributed by atoms with Crippen LogP contribution < -0.4 is 5.32 Å². The van der Waals surface area contributed by atoms with Crippen LogP contribution in [0.15, 0.2) is 29.3 Å². The molecule has 2 aromatic heterocycles. The highest BCUT2D eigenvalue weighted by Crippen LogP contribution is 2.27. The van der Waals surface area contributed by atoms with Crippen LogP contribution in [-0.2, 0) is 9.53 Å². The second-order valence-corrected chi connectivity index (χ2v) is 8.23. The van der Waals surface area contributed by atoms with Gasteiger partial charge in [-0.2, -0.15) is 0 Å². The summed E-state index contributed by atoms with van der Waals surface area (Å²) in [4.78, 5) is 33.5. The molecule has 0 saturated carbocycles. The van der Waals surface area contributed by atoms with Crippen LogP contribution in [0.2, 0.25) is 0 Å². The number of ether oxygens (including phenoxy) is 1. The fraction of sp³-hybridized carbons (Fsp3) is 0.300. The Balaban J connectivity index is 1.66. The quantitative estimate of drug-likeness (QED) is 0.471. The van der Waals surface area contributed by atoms with E-state index in [2.05, 4.69) is 21.4 Å². The molecule has 2 heterocycles. The number of thioether (sulfide) groups is 1. The molecule has 0 aliphatic carbocycles. The lowest BCUT2D eigenvalue weighted by Gasteiger charge is -2.08. The Bertz CT molecular complexity index is 1050. The maximum Gasteiger partial charge on any atom is 0.350 e. The number of hydrogen-bond acceptors (Lipinski definition) is 7. The number of benzene rings is 1. The fourth-order valence-corrected chi connectivity index (χ4v) is 4.38. The molecular weight excluding hydrogens is 394 g/mol. The van der Waals surface area contributed by atoms with Gasteiger partial charge in [-0.3, -0.25) is 4.79 Å². The predicted molar refractivity (Wildman–Crippen MR) is 113 cm³/mol. The maximum atomic E-state index is 12.3. The summed E-state index contributed by atoms with van der Waals surface area (Å²) in [6.45, 7) is 7.84. The Morgan fingerprint density at radius 1 is 1.18 bits per heavy atom. The van der Waals surface area contributed by atoms with Gasteiger partial charge in [0.25, 0.3) is 0 Å². The predicted octanol–water partition coefficient (Wildman–Crippen LogP) is 4.52. The monoisotopic (exact) mass is 415 g/mol. The lowest BCUT2D eigenvalue weighted by molar-refractivity contribution is -0.113. The lowest BCUT2D eigenvalue weighted by Crippen LogP contribution is -2.14. The molecule has 3 aromatic rings. The minimum absolute atomic E-state index is 0.196. The van der Waals surface area contributed by atoms with Gasteiger partial charge in [0.1, 0.15) is 4.88 Å². The van der Waals surface area contributed by atoms with Gasteiger partial charge in [-0.05, 0) is 44.9 Å². The average molecular weight is 416 g/mol. The van der Waals surface area contributed by atoms with Crippen LogP contribution in [-0.4, -0.2) is 34.2 Å². The molecule has 6 nitrogen and oxygen atoms in total. The van der Waals surface area contributed by atoms with Crippen molar-refractivity contribution >= 4 is 51.0 Å². The van der Waals surface area contributed by atoms with Crippen LogP contribution in [0.1, 0.15) is 33.4 Å². The molecule has 3 rings (SSSR count).